The summed E-state index contributed by atoms with van der Waals surface area (Å²) in [4.78, 5) is 15.6. The molecule has 1 N–H and O–H groups in total. The Hall–Kier alpha value is -2.17. The van der Waals surface area contributed by atoms with Gasteiger partial charge >= 0.3 is 0 Å². The van der Waals surface area contributed by atoms with Crippen molar-refractivity contribution in [3.8, 4) is 0 Å². The fourth-order valence-electron chi connectivity index (χ4n) is 1.69. The van der Waals surface area contributed by atoms with Crippen LogP contribution in [0.2, 0.25) is 0 Å². The highest BCUT2D eigenvalue weighted by Crippen LogP contribution is 2.22. The molecule has 0 fully saturated rings. The van der Waals surface area contributed by atoms with E-state index in [-0.39, 0.29) is 11.1 Å². The minimum Gasteiger partial charge on any atom is -0.469 e. The highest BCUT2D eigenvalue weighted by molar-refractivity contribution is 5.92. The number of amides is 1. The molecule has 0 unspecified atom stereocenters. The first-order chi connectivity index (χ1) is 9.00. The van der Waals surface area contributed by atoms with Gasteiger partial charge in [-0.3, -0.25) is 4.79 Å². The van der Waals surface area contributed by atoms with Crippen LogP contribution in [0.3, 0.4) is 0 Å². The van der Waals surface area contributed by atoms with Gasteiger partial charge in [-0.05, 0) is 24.3 Å². The molecule has 0 aromatic carbocycles. The van der Waals surface area contributed by atoms with Gasteiger partial charge in [0.2, 0.25) is 0 Å². The molecule has 2 aromatic rings. The number of hydrogen-bond donors (Lipinski definition) is 1. The predicted octanol–water partition coefficient (Wildman–Crippen LogP) is 2.52. The van der Waals surface area contributed by atoms with Crippen molar-refractivity contribution >= 4 is 5.91 Å². The lowest BCUT2D eigenvalue weighted by atomic mass is 9.90. The first-order valence-electron chi connectivity index (χ1n) is 5.93. The summed E-state index contributed by atoms with van der Waals surface area (Å²) < 4.78 is 18.7. The summed E-state index contributed by atoms with van der Waals surface area (Å²) in [6, 6.07) is 6.28. The minimum absolute atomic E-state index is 0.197. The van der Waals surface area contributed by atoms with Crippen molar-refractivity contribution in [3.63, 3.8) is 0 Å². The minimum atomic E-state index is -0.629. The van der Waals surface area contributed by atoms with Gasteiger partial charge in [-0.15, -0.1) is 0 Å². The molecule has 2 heterocycles. The second kappa shape index (κ2) is 5.22. The molecule has 100 valence electrons. The van der Waals surface area contributed by atoms with E-state index in [0.717, 1.165) is 5.76 Å². The third-order valence-corrected chi connectivity index (χ3v) is 2.85. The van der Waals surface area contributed by atoms with Crippen molar-refractivity contribution in [1.29, 1.82) is 0 Å². The topological polar surface area (TPSA) is 55.1 Å². The van der Waals surface area contributed by atoms with Gasteiger partial charge < -0.3 is 9.73 Å². The fraction of sp³-hybridized carbons (Fsp3) is 0.286. The van der Waals surface area contributed by atoms with Gasteiger partial charge in [-0.1, -0.05) is 13.8 Å². The summed E-state index contributed by atoms with van der Waals surface area (Å²) in [6.07, 6.45) is 2.97. The Morgan fingerprint density at radius 3 is 2.84 bits per heavy atom. The summed E-state index contributed by atoms with van der Waals surface area (Å²) in [5.41, 5.74) is -0.567. The molecule has 0 spiro atoms. The average Bonchev–Trinajstić information content (AvgIpc) is 2.91. The van der Waals surface area contributed by atoms with Crippen molar-refractivity contribution in [1.82, 2.24) is 10.3 Å². The zero-order chi connectivity index (χ0) is 13.9. The number of hydrogen-bond acceptors (Lipinski definition) is 3. The van der Waals surface area contributed by atoms with Crippen molar-refractivity contribution in [2.24, 2.45) is 0 Å². The number of nitrogens with one attached hydrogen (secondary N) is 1. The van der Waals surface area contributed by atoms with E-state index < -0.39 is 11.7 Å². The largest absolute Gasteiger partial charge is 0.469 e. The van der Waals surface area contributed by atoms with Gasteiger partial charge in [0.15, 0.2) is 11.5 Å². The van der Waals surface area contributed by atoms with Crippen LogP contribution in [0.25, 0.3) is 0 Å². The van der Waals surface area contributed by atoms with Gasteiger partial charge in [0.25, 0.3) is 5.91 Å². The molecule has 1 amide bonds. The van der Waals surface area contributed by atoms with Gasteiger partial charge in [-0.25, -0.2) is 9.37 Å². The fourth-order valence-corrected chi connectivity index (χ4v) is 1.69. The molecular weight excluding hydrogens is 247 g/mol. The molecule has 0 bridgehead atoms. The molecule has 0 saturated heterocycles. The second-order valence-electron chi connectivity index (χ2n) is 4.88. The Kier molecular flexibility index (Phi) is 3.64. The molecule has 19 heavy (non-hydrogen) atoms. The van der Waals surface area contributed by atoms with Gasteiger partial charge in [0, 0.05) is 18.2 Å². The maximum Gasteiger partial charge on any atom is 0.272 e. The van der Waals surface area contributed by atoms with E-state index in [0.29, 0.717) is 6.54 Å². The van der Waals surface area contributed by atoms with Crippen LogP contribution < -0.4 is 5.32 Å². The van der Waals surface area contributed by atoms with Crippen LogP contribution in [-0.2, 0) is 5.41 Å². The summed E-state index contributed by atoms with van der Waals surface area (Å²) in [5.74, 6) is -0.400. The van der Waals surface area contributed by atoms with Crippen LogP contribution in [0, 0.1) is 5.82 Å². The molecule has 4 nitrogen and oxygen atoms in total. The Bertz CT molecular complexity index is 565. The number of pyridine rings is 1. The van der Waals surface area contributed by atoms with E-state index in [9.17, 15) is 9.18 Å². The van der Waals surface area contributed by atoms with Crippen LogP contribution in [0.4, 0.5) is 4.39 Å². The molecule has 2 aromatic heterocycles. The number of halogens is 1. The van der Waals surface area contributed by atoms with Crippen LogP contribution in [0.15, 0.2) is 41.1 Å². The summed E-state index contributed by atoms with van der Waals surface area (Å²) >= 11 is 0. The van der Waals surface area contributed by atoms with Gasteiger partial charge in [-0.2, -0.15) is 0 Å². The van der Waals surface area contributed by atoms with Crippen molar-refractivity contribution in [2.45, 2.75) is 19.3 Å². The molecule has 2 rings (SSSR count). The van der Waals surface area contributed by atoms with E-state index in [1.807, 2.05) is 19.9 Å². The summed E-state index contributed by atoms with van der Waals surface area (Å²) in [7, 11) is 0. The van der Waals surface area contributed by atoms with Gasteiger partial charge in [0.1, 0.15) is 5.76 Å². The molecular formula is C14H15FN2O2. The Labute approximate surface area is 110 Å². The van der Waals surface area contributed by atoms with E-state index in [1.54, 1.807) is 12.3 Å². The Morgan fingerprint density at radius 1 is 1.42 bits per heavy atom. The van der Waals surface area contributed by atoms with Crippen LogP contribution in [-0.4, -0.2) is 17.4 Å². The number of carbonyl (C=O) groups excluding carboxylic acids is 1. The SMILES string of the molecule is CC(C)(CNC(=O)c1ncccc1F)c1ccco1. The van der Waals surface area contributed by atoms with Crippen molar-refractivity contribution in [2.75, 3.05) is 6.54 Å². The lowest BCUT2D eigenvalue weighted by molar-refractivity contribution is 0.0934. The summed E-state index contributed by atoms with van der Waals surface area (Å²) in [5, 5.41) is 2.67. The van der Waals surface area contributed by atoms with Crippen LogP contribution in [0.5, 0.6) is 0 Å². The highest BCUT2D eigenvalue weighted by atomic mass is 19.1. The summed E-state index contributed by atoms with van der Waals surface area (Å²) in [6.45, 7) is 4.19. The third kappa shape index (κ3) is 2.99. The normalized spacial score (nSPS) is 11.3. The monoisotopic (exact) mass is 262 g/mol. The lowest BCUT2D eigenvalue weighted by Crippen LogP contribution is -2.37. The second-order valence-corrected chi connectivity index (χ2v) is 4.88. The maximum atomic E-state index is 13.4. The molecule has 0 aliphatic rings. The Balaban J connectivity index is 2.03. The average molecular weight is 262 g/mol. The van der Waals surface area contributed by atoms with Crippen LogP contribution >= 0.6 is 0 Å². The molecule has 0 saturated carbocycles. The molecule has 0 aliphatic carbocycles. The van der Waals surface area contributed by atoms with Crippen molar-refractivity contribution in [3.05, 3.63) is 54.0 Å². The smallest absolute Gasteiger partial charge is 0.272 e. The first-order valence-corrected chi connectivity index (χ1v) is 5.93. The molecule has 5 heteroatoms. The third-order valence-electron chi connectivity index (χ3n) is 2.85. The maximum absolute atomic E-state index is 13.4. The van der Waals surface area contributed by atoms with E-state index in [2.05, 4.69) is 10.3 Å². The van der Waals surface area contributed by atoms with E-state index >= 15 is 0 Å². The quantitative estimate of drug-likeness (QED) is 0.921. The number of nitrogens with zero attached hydrogens (tertiary/aromatic N) is 1. The van der Waals surface area contributed by atoms with E-state index in [1.165, 1.54) is 18.3 Å². The Morgan fingerprint density at radius 2 is 2.21 bits per heavy atom. The van der Waals surface area contributed by atoms with E-state index in [4.69, 9.17) is 4.42 Å². The van der Waals surface area contributed by atoms with Crippen LogP contribution in [0.1, 0.15) is 30.1 Å². The van der Waals surface area contributed by atoms with Crippen molar-refractivity contribution < 1.29 is 13.6 Å². The zero-order valence-electron chi connectivity index (χ0n) is 10.8. The van der Waals surface area contributed by atoms with Gasteiger partial charge in [0.05, 0.1) is 6.26 Å². The number of carbonyl (C=O) groups is 1. The molecule has 0 atom stereocenters. The lowest BCUT2D eigenvalue weighted by Gasteiger charge is -2.22. The number of rotatable bonds is 4. The first kappa shape index (κ1) is 13.3. The number of aromatic nitrogens is 1. The standard InChI is InChI=1S/C14H15FN2O2/c1-14(2,11-6-4-8-19-11)9-17-13(18)12-10(15)5-3-7-16-12/h3-8H,9H2,1-2H3,(H,17,18). The highest BCUT2D eigenvalue weighted by Gasteiger charge is 2.25. The predicted molar refractivity (Wildman–Crippen MR) is 68.3 cm³/mol. The zero-order valence-corrected chi connectivity index (χ0v) is 10.8. The number of furan rings is 1. The molecule has 0 aliphatic heterocycles. The molecule has 0 radical (unpaired) electrons.